The Morgan fingerprint density at radius 1 is 0.941 bits per heavy atom. The third-order valence-corrected chi connectivity index (χ3v) is 3.35. The van der Waals surface area contributed by atoms with Gasteiger partial charge in [0.25, 0.3) is 0 Å². The number of benzene rings is 1. The van der Waals surface area contributed by atoms with E-state index in [4.69, 9.17) is 11.6 Å². The second-order valence-electron chi connectivity index (χ2n) is 4.25. The first-order chi connectivity index (χ1) is 8.29. The molecule has 0 heterocycles. The minimum atomic E-state index is 0.959. The van der Waals surface area contributed by atoms with E-state index in [2.05, 4.69) is 31.4 Å². The van der Waals surface area contributed by atoms with Crippen LogP contribution in [0.25, 0.3) is 0 Å². The van der Waals surface area contributed by atoms with Gasteiger partial charge in [0.1, 0.15) is 0 Å². The fourth-order valence-corrected chi connectivity index (χ4v) is 2.21. The molecule has 0 amide bonds. The molecule has 0 unspecified atom stereocenters. The molecule has 0 N–H and O–H groups in total. The standard InChI is InChI=1S/C16H21Cl/c1-3-5-7-10-14-12-9-13-15(16(14)17)11-8-6-4-2/h3-4,9,12-13H,1-2,5-8,10-11H2. The summed E-state index contributed by atoms with van der Waals surface area (Å²) in [5.41, 5.74) is 2.54. The number of allylic oxidation sites excluding steroid dienone is 2. The normalized spacial score (nSPS) is 10.2. The van der Waals surface area contributed by atoms with Crippen molar-refractivity contribution in [1.82, 2.24) is 0 Å². The Morgan fingerprint density at radius 3 is 1.82 bits per heavy atom. The van der Waals surface area contributed by atoms with Crippen LogP contribution >= 0.6 is 11.6 Å². The molecule has 0 radical (unpaired) electrons. The Hall–Kier alpha value is -1.01. The molecule has 0 atom stereocenters. The molecule has 1 heteroatoms. The summed E-state index contributed by atoms with van der Waals surface area (Å²) in [6, 6.07) is 6.36. The van der Waals surface area contributed by atoms with Crippen molar-refractivity contribution in [2.24, 2.45) is 0 Å². The number of hydrogen-bond donors (Lipinski definition) is 0. The number of halogens is 1. The Morgan fingerprint density at radius 2 is 1.41 bits per heavy atom. The highest BCUT2D eigenvalue weighted by molar-refractivity contribution is 6.32. The van der Waals surface area contributed by atoms with E-state index in [-0.39, 0.29) is 0 Å². The first kappa shape index (κ1) is 14.1. The quantitative estimate of drug-likeness (QED) is 0.429. The smallest absolute Gasteiger partial charge is 0.0469 e. The van der Waals surface area contributed by atoms with Gasteiger partial charge in [-0.3, -0.25) is 0 Å². The van der Waals surface area contributed by atoms with Crippen LogP contribution in [0.4, 0.5) is 0 Å². The Labute approximate surface area is 110 Å². The lowest BCUT2D eigenvalue weighted by Crippen LogP contribution is -1.93. The van der Waals surface area contributed by atoms with Crippen LogP contribution in [0.1, 0.15) is 36.8 Å². The van der Waals surface area contributed by atoms with Gasteiger partial charge in [-0.05, 0) is 49.7 Å². The maximum absolute atomic E-state index is 6.41. The van der Waals surface area contributed by atoms with Crippen molar-refractivity contribution >= 4 is 11.6 Å². The summed E-state index contributed by atoms with van der Waals surface area (Å²) in [5, 5.41) is 0.959. The van der Waals surface area contributed by atoms with Crippen molar-refractivity contribution < 1.29 is 0 Å². The lowest BCUT2D eigenvalue weighted by molar-refractivity contribution is 0.826. The highest BCUT2D eigenvalue weighted by Gasteiger charge is 2.05. The largest absolute Gasteiger partial charge is 0.103 e. The predicted molar refractivity (Wildman–Crippen MR) is 77.7 cm³/mol. The van der Waals surface area contributed by atoms with Gasteiger partial charge in [-0.1, -0.05) is 42.0 Å². The zero-order valence-corrected chi connectivity index (χ0v) is 11.2. The van der Waals surface area contributed by atoms with Crippen LogP contribution in [0, 0.1) is 0 Å². The third-order valence-electron chi connectivity index (χ3n) is 2.87. The number of unbranched alkanes of at least 4 members (excludes halogenated alkanes) is 2. The fourth-order valence-electron chi connectivity index (χ4n) is 1.89. The molecule has 0 aliphatic rings. The summed E-state index contributed by atoms with van der Waals surface area (Å²) in [6.07, 6.45) is 10.4. The first-order valence-electron chi connectivity index (χ1n) is 6.27. The summed E-state index contributed by atoms with van der Waals surface area (Å²) >= 11 is 6.41. The van der Waals surface area contributed by atoms with Crippen molar-refractivity contribution in [3.63, 3.8) is 0 Å². The van der Waals surface area contributed by atoms with Gasteiger partial charge >= 0.3 is 0 Å². The third kappa shape index (κ3) is 4.79. The van der Waals surface area contributed by atoms with E-state index >= 15 is 0 Å². The maximum atomic E-state index is 6.41. The van der Waals surface area contributed by atoms with Crippen molar-refractivity contribution in [3.05, 3.63) is 59.7 Å². The molecule has 0 aliphatic carbocycles. The van der Waals surface area contributed by atoms with Crippen LogP contribution in [-0.4, -0.2) is 0 Å². The van der Waals surface area contributed by atoms with Crippen LogP contribution in [0.15, 0.2) is 43.5 Å². The van der Waals surface area contributed by atoms with Gasteiger partial charge in [0, 0.05) is 5.02 Å². The summed E-state index contributed by atoms with van der Waals surface area (Å²) < 4.78 is 0. The highest BCUT2D eigenvalue weighted by atomic mass is 35.5. The SMILES string of the molecule is C=CCCCc1cccc(CCCC=C)c1Cl. The summed E-state index contributed by atoms with van der Waals surface area (Å²) in [5.74, 6) is 0. The van der Waals surface area contributed by atoms with Gasteiger partial charge in [-0.25, -0.2) is 0 Å². The van der Waals surface area contributed by atoms with Crippen molar-refractivity contribution in [1.29, 1.82) is 0 Å². The molecule has 0 aliphatic heterocycles. The second kappa shape index (κ2) is 8.14. The van der Waals surface area contributed by atoms with Gasteiger partial charge in [0.05, 0.1) is 0 Å². The van der Waals surface area contributed by atoms with E-state index in [9.17, 15) is 0 Å². The van der Waals surface area contributed by atoms with Gasteiger partial charge in [0.15, 0.2) is 0 Å². The Balaban J connectivity index is 2.62. The van der Waals surface area contributed by atoms with E-state index < -0.39 is 0 Å². The minimum Gasteiger partial charge on any atom is -0.103 e. The molecular weight excluding hydrogens is 228 g/mol. The average molecular weight is 249 g/mol. The summed E-state index contributed by atoms with van der Waals surface area (Å²) in [6.45, 7) is 7.48. The number of aryl methyl sites for hydroxylation is 2. The molecule has 0 saturated heterocycles. The average Bonchev–Trinajstić information content (AvgIpc) is 2.34. The minimum absolute atomic E-state index is 0.959. The lowest BCUT2D eigenvalue weighted by atomic mass is 10.0. The zero-order chi connectivity index (χ0) is 12.5. The molecule has 17 heavy (non-hydrogen) atoms. The Bertz CT molecular complexity index is 334. The number of hydrogen-bond acceptors (Lipinski definition) is 0. The van der Waals surface area contributed by atoms with Crippen LogP contribution in [0.5, 0.6) is 0 Å². The monoisotopic (exact) mass is 248 g/mol. The van der Waals surface area contributed by atoms with Gasteiger partial charge in [-0.15, -0.1) is 13.2 Å². The predicted octanol–water partition coefficient (Wildman–Crippen LogP) is 5.36. The van der Waals surface area contributed by atoms with Crippen molar-refractivity contribution in [2.75, 3.05) is 0 Å². The fraction of sp³-hybridized carbons (Fsp3) is 0.375. The molecule has 1 rings (SSSR count). The first-order valence-corrected chi connectivity index (χ1v) is 6.65. The van der Waals surface area contributed by atoms with Crippen molar-refractivity contribution in [2.45, 2.75) is 38.5 Å². The summed E-state index contributed by atoms with van der Waals surface area (Å²) in [4.78, 5) is 0. The van der Waals surface area contributed by atoms with Crippen LogP contribution in [0.2, 0.25) is 5.02 Å². The van der Waals surface area contributed by atoms with Crippen molar-refractivity contribution in [3.8, 4) is 0 Å². The highest BCUT2D eigenvalue weighted by Crippen LogP contribution is 2.24. The van der Waals surface area contributed by atoms with E-state index in [0.717, 1.165) is 43.5 Å². The molecule has 92 valence electrons. The zero-order valence-electron chi connectivity index (χ0n) is 10.4. The van der Waals surface area contributed by atoms with Crippen LogP contribution in [0.3, 0.4) is 0 Å². The molecule has 1 aromatic carbocycles. The van der Waals surface area contributed by atoms with E-state index in [1.165, 1.54) is 11.1 Å². The maximum Gasteiger partial charge on any atom is 0.0469 e. The van der Waals surface area contributed by atoms with Crippen LogP contribution in [-0.2, 0) is 12.8 Å². The topological polar surface area (TPSA) is 0 Å². The molecule has 0 saturated carbocycles. The van der Waals surface area contributed by atoms with E-state index in [0.29, 0.717) is 0 Å². The molecule has 1 aromatic rings. The molecule has 0 spiro atoms. The second-order valence-corrected chi connectivity index (χ2v) is 4.63. The van der Waals surface area contributed by atoms with E-state index in [1.807, 2.05) is 12.2 Å². The van der Waals surface area contributed by atoms with Gasteiger partial charge in [-0.2, -0.15) is 0 Å². The Kier molecular flexibility index (Phi) is 6.73. The molecular formula is C16H21Cl. The molecule has 0 aromatic heterocycles. The number of rotatable bonds is 8. The lowest BCUT2D eigenvalue weighted by Gasteiger charge is -2.08. The molecule has 0 fully saturated rings. The van der Waals surface area contributed by atoms with Gasteiger partial charge in [0.2, 0.25) is 0 Å². The molecule has 0 bridgehead atoms. The van der Waals surface area contributed by atoms with E-state index in [1.54, 1.807) is 0 Å². The summed E-state index contributed by atoms with van der Waals surface area (Å²) in [7, 11) is 0. The van der Waals surface area contributed by atoms with Gasteiger partial charge < -0.3 is 0 Å². The molecule has 0 nitrogen and oxygen atoms in total. The van der Waals surface area contributed by atoms with Crippen LogP contribution < -0.4 is 0 Å².